The number of hydrazine groups is 1. The van der Waals surface area contributed by atoms with E-state index in [1.165, 1.54) is 0 Å². The number of anilines is 2. The number of nitrogens with one attached hydrogen (secondary N) is 1. The molecular formula is C10H19N5. The van der Waals surface area contributed by atoms with Gasteiger partial charge in [-0.2, -0.15) is 0 Å². The summed E-state index contributed by atoms with van der Waals surface area (Å²) in [6, 6.07) is 2.27. The van der Waals surface area contributed by atoms with E-state index in [1.54, 1.807) is 0 Å². The van der Waals surface area contributed by atoms with E-state index in [0.717, 1.165) is 18.2 Å². The fourth-order valence-corrected chi connectivity index (χ4v) is 1.56. The van der Waals surface area contributed by atoms with Crippen molar-refractivity contribution in [1.29, 1.82) is 0 Å². The summed E-state index contributed by atoms with van der Waals surface area (Å²) >= 11 is 0. The number of hydrogen-bond donors (Lipinski definition) is 2. The predicted molar refractivity (Wildman–Crippen MR) is 62.7 cm³/mol. The molecular weight excluding hydrogens is 190 g/mol. The van der Waals surface area contributed by atoms with Crippen molar-refractivity contribution in [3.8, 4) is 0 Å². The first-order chi connectivity index (χ1) is 7.08. The van der Waals surface area contributed by atoms with E-state index in [0.29, 0.717) is 11.9 Å². The van der Waals surface area contributed by atoms with E-state index in [9.17, 15) is 0 Å². The molecule has 0 aliphatic rings. The molecule has 0 bridgehead atoms. The van der Waals surface area contributed by atoms with Gasteiger partial charge >= 0.3 is 0 Å². The van der Waals surface area contributed by atoms with E-state index in [4.69, 9.17) is 5.84 Å². The van der Waals surface area contributed by atoms with Gasteiger partial charge in [-0.05, 0) is 27.7 Å². The SMILES string of the molecule is CCN(c1cc(NN)nc(C)n1)C(C)C. The topological polar surface area (TPSA) is 67.1 Å². The largest absolute Gasteiger partial charge is 0.354 e. The van der Waals surface area contributed by atoms with Gasteiger partial charge in [0, 0.05) is 18.7 Å². The molecule has 1 aromatic rings. The van der Waals surface area contributed by atoms with Crippen molar-refractivity contribution in [1.82, 2.24) is 9.97 Å². The van der Waals surface area contributed by atoms with Gasteiger partial charge in [0.25, 0.3) is 0 Å². The quantitative estimate of drug-likeness (QED) is 0.578. The van der Waals surface area contributed by atoms with E-state index >= 15 is 0 Å². The van der Waals surface area contributed by atoms with Gasteiger partial charge < -0.3 is 10.3 Å². The van der Waals surface area contributed by atoms with Crippen LogP contribution in [0.1, 0.15) is 26.6 Å². The molecule has 1 aromatic heterocycles. The van der Waals surface area contributed by atoms with Crippen molar-refractivity contribution in [2.75, 3.05) is 16.9 Å². The Morgan fingerprint density at radius 1 is 1.47 bits per heavy atom. The van der Waals surface area contributed by atoms with Crippen LogP contribution in [-0.4, -0.2) is 22.6 Å². The van der Waals surface area contributed by atoms with Gasteiger partial charge in [0.2, 0.25) is 0 Å². The highest BCUT2D eigenvalue weighted by Crippen LogP contribution is 2.17. The Kier molecular flexibility index (Phi) is 3.85. The maximum absolute atomic E-state index is 5.35. The van der Waals surface area contributed by atoms with E-state index in [1.807, 2.05) is 13.0 Å². The third-order valence-corrected chi connectivity index (χ3v) is 2.23. The fourth-order valence-electron chi connectivity index (χ4n) is 1.56. The molecule has 5 nitrogen and oxygen atoms in total. The average Bonchev–Trinajstić information content (AvgIpc) is 2.17. The zero-order valence-electron chi connectivity index (χ0n) is 9.78. The van der Waals surface area contributed by atoms with Gasteiger partial charge in [0.1, 0.15) is 17.5 Å². The van der Waals surface area contributed by atoms with Crippen LogP contribution in [0.4, 0.5) is 11.6 Å². The van der Waals surface area contributed by atoms with Crippen LogP contribution in [-0.2, 0) is 0 Å². The summed E-state index contributed by atoms with van der Waals surface area (Å²) in [5.74, 6) is 7.63. The van der Waals surface area contributed by atoms with Crippen LogP contribution in [0.3, 0.4) is 0 Å². The molecule has 3 N–H and O–H groups in total. The van der Waals surface area contributed by atoms with Crippen LogP contribution in [0.5, 0.6) is 0 Å². The highest BCUT2D eigenvalue weighted by atomic mass is 15.3. The number of aryl methyl sites for hydroxylation is 1. The van der Waals surface area contributed by atoms with Crippen LogP contribution in [0.25, 0.3) is 0 Å². The van der Waals surface area contributed by atoms with Crippen molar-refractivity contribution in [3.05, 3.63) is 11.9 Å². The lowest BCUT2D eigenvalue weighted by molar-refractivity contribution is 0.690. The van der Waals surface area contributed by atoms with Crippen LogP contribution >= 0.6 is 0 Å². The van der Waals surface area contributed by atoms with Crippen LogP contribution in [0, 0.1) is 6.92 Å². The Balaban J connectivity index is 3.06. The molecule has 0 atom stereocenters. The lowest BCUT2D eigenvalue weighted by Gasteiger charge is -2.26. The molecule has 0 aliphatic heterocycles. The van der Waals surface area contributed by atoms with Gasteiger partial charge in [-0.1, -0.05) is 0 Å². The minimum Gasteiger partial charge on any atom is -0.354 e. The molecule has 0 aromatic carbocycles. The molecule has 0 radical (unpaired) electrons. The van der Waals surface area contributed by atoms with Gasteiger partial charge in [-0.15, -0.1) is 0 Å². The molecule has 15 heavy (non-hydrogen) atoms. The zero-order chi connectivity index (χ0) is 11.4. The smallest absolute Gasteiger partial charge is 0.145 e. The van der Waals surface area contributed by atoms with Gasteiger partial charge in [0.15, 0.2) is 0 Å². The standard InChI is InChI=1S/C10H19N5/c1-5-15(7(2)3)10-6-9(14-11)12-8(4)13-10/h6-7H,5,11H2,1-4H3,(H,12,13,14). The molecule has 0 saturated carbocycles. The maximum Gasteiger partial charge on any atom is 0.145 e. The van der Waals surface area contributed by atoms with Crippen molar-refractivity contribution in [3.63, 3.8) is 0 Å². The highest BCUT2D eigenvalue weighted by Gasteiger charge is 2.11. The Hall–Kier alpha value is -1.36. The Labute approximate surface area is 90.7 Å². The number of rotatable bonds is 4. The number of aromatic nitrogens is 2. The Morgan fingerprint density at radius 3 is 2.60 bits per heavy atom. The number of nitrogens with two attached hydrogens (primary N) is 1. The number of nitrogens with zero attached hydrogens (tertiary/aromatic N) is 3. The van der Waals surface area contributed by atoms with Gasteiger partial charge in [-0.3, -0.25) is 0 Å². The lowest BCUT2D eigenvalue weighted by Crippen LogP contribution is -2.31. The van der Waals surface area contributed by atoms with Crippen molar-refractivity contribution in [2.24, 2.45) is 5.84 Å². The van der Waals surface area contributed by atoms with Crippen molar-refractivity contribution < 1.29 is 0 Å². The predicted octanol–water partition coefficient (Wildman–Crippen LogP) is 1.31. The molecule has 0 saturated heterocycles. The summed E-state index contributed by atoms with van der Waals surface area (Å²) < 4.78 is 0. The van der Waals surface area contributed by atoms with Crippen LogP contribution in [0.15, 0.2) is 6.07 Å². The molecule has 84 valence electrons. The van der Waals surface area contributed by atoms with Crippen LogP contribution < -0.4 is 16.2 Å². The molecule has 1 heterocycles. The van der Waals surface area contributed by atoms with Gasteiger partial charge in [0.05, 0.1) is 0 Å². The third kappa shape index (κ3) is 2.79. The molecule has 0 unspecified atom stereocenters. The van der Waals surface area contributed by atoms with Crippen molar-refractivity contribution in [2.45, 2.75) is 33.7 Å². The van der Waals surface area contributed by atoms with Crippen molar-refractivity contribution >= 4 is 11.6 Å². The monoisotopic (exact) mass is 209 g/mol. The average molecular weight is 209 g/mol. The highest BCUT2D eigenvalue weighted by molar-refractivity contribution is 5.49. The molecule has 1 rings (SSSR count). The fraction of sp³-hybridized carbons (Fsp3) is 0.600. The zero-order valence-corrected chi connectivity index (χ0v) is 9.78. The minimum atomic E-state index is 0.412. The molecule has 5 heteroatoms. The summed E-state index contributed by atoms with van der Waals surface area (Å²) in [5.41, 5.74) is 2.55. The summed E-state index contributed by atoms with van der Waals surface area (Å²) in [5, 5.41) is 0. The molecule has 0 spiro atoms. The summed E-state index contributed by atoms with van der Waals surface area (Å²) in [6.45, 7) is 9.15. The number of hydrogen-bond acceptors (Lipinski definition) is 5. The summed E-state index contributed by atoms with van der Waals surface area (Å²) in [6.07, 6.45) is 0. The minimum absolute atomic E-state index is 0.412. The number of nitrogen functional groups attached to an aromatic ring is 1. The van der Waals surface area contributed by atoms with E-state index in [-0.39, 0.29) is 0 Å². The Morgan fingerprint density at radius 2 is 2.13 bits per heavy atom. The normalized spacial score (nSPS) is 10.5. The van der Waals surface area contributed by atoms with E-state index < -0.39 is 0 Å². The van der Waals surface area contributed by atoms with Gasteiger partial charge in [-0.25, -0.2) is 15.8 Å². The van der Waals surface area contributed by atoms with E-state index in [2.05, 4.69) is 41.1 Å². The first kappa shape index (κ1) is 11.7. The molecule has 0 aliphatic carbocycles. The van der Waals surface area contributed by atoms with Crippen LogP contribution in [0.2, 0.25) is 0 Å². The maximum atomic E-state index is 5.35. The summed E-state index contributed by atoms with van der Waals surface area (Å²) in [7, 11) is 0. The lowest BCUT2D eigenvalue weighted by atomic mass is 10.3. The molecule has 0 amide bonds. The molecule has 0 fully saturated rings. The second-order valence-electron chi connectivity index (χ2n) is 3.68. The third-order valence-electron chi connectivity index (χ3n) is 2.23. The summed E-state index contributed by atoms with van der Waals surface area (Å²) in [4.78, 5) is 10.7. The second kappa shape index (κ2) is 4.93. The Bertz CT molecular complexity index is 324. The first-order valence-electron chi connectivity index (χ1n) is 5.17. The first-order valence-corrected chi connectivity index (χ1v) is 5.17. The second-order valence-corrected chi connectivity index (χ2v) is 3.68.